The summed E-state index contributed by atoms with van der Waals surface area (Å²) in [7, 11) is 4.20. The molecule has 0 saturated carbocycles. The molecule has 2 saturated heterocycles. The van der Waals surface area contributed by atoms with Crippen LogP contribution in [0.5, 0.6) is 5.75 Å². The number of alkyl carbamates (subject to hydrolysis) is 1. The van der Waals surface area contributed by atoms with E-state index in [1.165, 1.54) is 21.3 Å². The van der Waals surface area contributed by atoms with Crippen LogP contribution in [0.15, 0.2) is 48.7 Å². The number of H-pyrrole nitrogens is 2. The van der Waals surface area contributed by atoms with Crippen LogP contribution in [0.3, 0.4) is 0 Å². The van der Waals surface area contributed by atoms with E-state index in [9.17, 15) is 24.3 Å². The molecule has 2 aromatic heterocycles. The first-order chi connectivity index (χ1) is 29.3. The van der Waals surface area contributed by atoms with Crippen molar-refractivity contribution >= 4 is 45.8 Å². The van der Waals surface area contributed by atoms with Gasteiger partial charge in [-0.2, -0.15) is 0 Å². The standard InChI is InChI=1S/C44H52N8O9/c1-21-12-33(51(18-21)42(54)37(24(4)59-6)50-44(57)60-7)39-45-17-32(47-39)26-8-10-28-27(14-26)20-61-35-16-29-25(15-30(28)35)9-11-31-38(29)48-40(46-31)34-13-22(2)19-52(34)41(53)36(23(3)58-5)49-43(55)56/h8-11,14-17,21-24,33-34,36-37,49H,12-13,18-20H2,1-7H3,(H,45,47)(H,46,48)(H,50,57)(H,55,56)/t21-,22-,23+,24+,33-,34-,36-,37-/m0/s1. The number of amides is 4. The Hall–Kier alpha value is -6.20. The smallest absolute Gasteiger partial charge is 0.407 e. The average molecular weight is 837 g/mol. The molecule has 61 heavy (non-hydrogen) atoms. The van der Waals surface area contributed by atoms with Gasteiger partial charge in [0.2, 0.25) is 11.8 Å². The summed E-state index contributed by atoms with van der Waals surface area (Å²) >= 11 is 0. The minimum Gasteiger partial charge on any atom is -0.488 e. The van der Waals surface area contributed by atoms with Gasteiger partial charge in [0.05, 0.1) is 54.3 Å². The summed E-state index contributed by atoms with van der Waals surface area (Å²) in [4.78, 5) is 71.6. The molecule has 0 aliphatic carbocycles. The van der Waals surface area contributed by atoms with E-state index in [-0.39, 0.29) is 35.7 Å². The maximum Gasteiger partial charge on any atom is 0.407 e. The fourth-order valence-electron chi connectivity index (χ4n) is 9.09. The van der Waals surface area contributed by atoms with Crippen molar-refractivity contribution in [2.75, 3.05) is 34.4 Å². The van der Waals surface area contributed by atoms with Crippen LogP contribution in [-0.4, -0.2) is 118 Å². The van der Waals surface area contributed by atoms with Crippen LogP contribution < -0.4 is 15.4 Å². The quantitative estimate of drug-likeness (QED) is 0.105. The molecule has 3 aliphatic rings. The fourth-order valence-corrected chi connectivity index (χ4v) is 9.09. The molecule has 5 N–H and O–H groups in total. The van der Waals surface area contributed by atoms with E-state index in [0.29, 0.717) is 44.2 Å². The van der Waals surface area contributed by atoms with Crippen LogP contribution in [0.4, 0.5) is 9.59 Å². The molecule has 3 aliphatic heterocycles. The van der Waals surface area contributed by atoms with Gasteiger partial charge in [0.25, 0.3) is 0 Å². The Balaban J connectivity index is 1.05. The molecule has 322 valence electrons. The predicted octanol–water partition coefficient (Wildman–Crippen LogP) is 5.92. The van der Waals surface area contributed by atoms with Gasteiger partial charge in [-0.3, -0.25) is 9.59 Å². The molecular weight excluding hydrogens is 785 g/mol. The number of rotatable bonds is 11. The van der Waals surface area contributed by atoms with E-state index in [0.717, 1.165) is 55.5 Å². The highest BCUT2D eigenvalue weighted by Gasteiger charge is 2.42. The van der Waals surface area contributed by atoms with E-state index in [4.69, 9.17) is 28.9 Å². The van der Waals surface area contributed by atoms with E-state index in [1.54, 1.807) is 29.8 Å². The number of carboxylic acid groups (broad SMARTS) is 1. The molecule has 2 fully saturated rings. The topological polar surface area (TPSA) is 213 Å². The monoisotopic (exact) mass is 836 g/mol. The van der Waals surface area contributed by atoms with Crippen molar-refractivity contribution in [3.05, 3.63) is 65.9 Å². The zero-order chi connectivity index (χ0) is 43.3. The fraction of sp³-hybridized carbons (Fsp3) is 0.455. The second-order valence-corrected chi connectivity index (χ2v) is 16.6. The van der Waals surface area contributed by atoms with Gasteiger partial charge >= 0.3 is 12.2 Å². The Kier molecular flexibility index (Phi) is 11.4. The minimum atomic E-state index is -1.29. The third kappa shape index (κ3) is 7.83. The van der Waals surface area contributed by atoms with E-state index in [2.05, 4.69) is 58.7 Å². The van der Waals surface area contributed by atoms with Gasteiger partial charge in [-0.05, 0) is 84.9 Å². The number of aromatic nitrogens is 4. The number of likely N-dealkylation sites (tertiary alicyclic amines) is 2. The predicted molar refractivity (Wildman–Crippen MR) is 225 cm³/mol. The summed E-state index contributed by atoms with van der Waals surface area (Å²) < 4.78 is 22.0. The molecule has 17 heteroatoms. The molecule has 3 aromatic carbocycles. The molecule has 5 aromatic rings. The number of hydrogen-bond acceptors (Lipinski definition) is 10. The zero-order valence-corrected chi connectivity index (χ0v) is 35.3. The van der Waals surface area contributed by atoms with Crippen molar-refractivity contribution in [2.45, 2.75) is 83.5 Å². The maximum absolute atomic E-state index is 13.9. The van der Waals surface area contributed by atoms with Gasteiger partial charge in [-0.25, -0.2) is 19.6 Å². The van der Waals surface area contributed by atoms with Crippen molar-refractivity contribution in [3.63, 3.8) is 0 Å². The molecule has 0 bridgehead atoms. The van der Waals surface area contributed by atoms with Crippen LogP contribution >= 0.6 is 0 Å². The Morgan fingerprint density at radius 1 is 0.836 bits per heavy atom. The number of nitrogens with zero attached hydrogens (tertiary/aromatic N) is 4. The van der Waals surface area contributed by atoms with Crippen LogP contribution in [0.2, 0.25) is 0 Å². The van der Waals surface area contributed by atoms with Gasteiger partial charge in [0.15, 0.2) is 0 Å². The lowest BCUT2D eigenvalue weighted by Crippen LogP contribution is -2.54. The summed E-state index contributed by atoms with van der Waals surface area (Å²) in [5, 5.41) is 16.3. The zero-order valence-electron chi connectivity index (χ0n) is 35.3. The molecule has 8 rings (SSSR count). The number of ether oxygens (including phenoxy) is 4. The van der Waals surface area contributed by atoms with Gasteiger partial charge in [-0.15, -0.1) is 0 Å². The number of imidazole rings is 2. The Bertz CT molecular complexity index is 2500. The lowest BCUT2D eigenvalue weighted by Gasteiger charge is -2.30. The number of carbonyl (C=O) groups is 4. The highest BCUT2D eigenvalue weighted by molar-refractivity contribution is 6.07. The third-order valence-corrected chi connectivity index (χ3v) is 12.4. The van der Waals surface area contributed by atoms with Crippen molar-refractivity contribution in [1.82, 2.24) is 40.4 Å². The first-order valence-electron chi connectivity index (χ1n) is 20.6. The first kappa shape index (κ1) is 41.5. The van der Waals surface area contributed by atoms with E-state index >= 15 is 0 Å². The molecule has 0 unspecified atom stereocenters. The van der Waals surface area contributed by atoms with Crippen molar-refractivity contribution in [2.24, 2.45) is 11.8 Å². The average Bonchev–Trinajstić information content (AvgIpc) is 4.08. The highest BCUT2D eigenvalue weighted by atomic mass is 16.5. The van der Waals surface area contributed by atoms with Crippen molar-refractivity contribution < 1.29 is 43.2 Å². The summed E-state index contributed by atoms with van der Waals surface area (Å²) in [6.45, 7) is 8.88. The van der Waals surface area contributed by atoms with Gasteiger partial charge < -0.3 is 54.5 Å². The number of methoxy groups -OCH3 is 3. The second-order valence-electron chi connectivity index (χ2n) is 16.6. The number of aromatic amines is 2. The maximum atomic E-state index is 13.9. The molecule has 4 amide bonds. The first-order valence-corrected chi connectivity index (χ1v) is 20.6. The van der Waals surface area contributed by atoms with Crippen LogP contribution in [-0.2, 0) is 30.4 Å². The summed E-state index contributed by atoms with van der Waals surface area (Å²) in [5.41, 5.74) is 6.33. The Morgan fingerprint density at radius 3 is 2.13 bits per heavy atom. The van der Waals surface area contributed by atoms with Gasteiger partial charge in [0.1, 0.15) is 36.1 Å². The number of nitrogens with one attached hydrogen (secondary N) is 4. The second kappa shape index (κ2) is 16.7. The molecule has 0 radical (unpaired) electrons. The third-order valence-electron chi connectivity index (χ3n) is 12.4. The van der Waals surface area contributed by atoms with Crippen LogP contribution in [0.25, 0.3) is 44.2 Å². The normalized spacial score (nSPS) is 21.6. The summed E-state index contributed by atoms with van der Waals surface area (Å²) in [5.74, 6) is 1.81. The Labute approximate surface area is 352 Å². The largest absolute Gasteiger partial charge is 0.488 e. The lowest BCUT2D eigenvalue weighted by molar-refractivity contribution is -0.138. The van der Waals surface area contributed by atoms with Gasteiger partial charge in [0, 0.05) is 38.3 Å². The number of carbonyl (C=O) groups excluding carboxylic acids is 3. The molecule has 8 atom stereocenters. The Morgan fingerprint density at radius 2 is 1.49 bits per heavy atom. The number of fused-ring (bicyclic) bond motifs is 6. The van der Waals surface area contributed by atoms with Crippen LogP contribution in [0, 0.1) is 11.8 Å². The lowest BCUT2D eigenvalue weighted by atomic mass is 9.92. The number of benzene rings is 3. The summed E-state index contributed by atoms with van der Waals surface area (Å²) in [6.07, 6.45) is -0.0847. The SMILES string of the molecule is COC(=O)N[C@H](C(=O)N1C[C@@H](C)C[C@H]1c1ncc(-c2ccc3c(c2)COc2cc4c(ccc5[nH]c([C@@H]6C[C@H](C)CN6C(=O)[C@@H](NC(=O)O)[C@@H](C)OC)nc54)cc2-3)[nH]1)[C@@H](C)OC. The molecule has 5 heterocycles. The van der Waals surface area contributed by atoms with Crippen LogP contribution in [0.1, 0.15) is 69.8 Å². The highest BCUT2D eigenvalue weighted by Crippen LogP contribution is 2.44. The van der Waals surface area contributed by atoms with E-state index in [1.807, 2.05) is 18.2 Å². The van der Waals surface area contributed by atoms with E-state index < -0.39 is 36.5 Å². The number of hydrogen-bond donors (Lipinski definition) is 5. The molecule has 17 nitrogen and oxygen atoms in total. The van der Waals surface area contributed by atoms with Gasteiger partial charge in [-0.1, -0.05) is 32.0 Å². The minimum absolute atomic E-state index is 0.178. The molecule has 0 spiro atoms. The summed E-state index contributed by atoms with van der Waals surface area (Å²) in [6, 6.07) is 11.7. The van der Waals surface area contributed by atoms with Crippen molar-refractivity contribution in [3.8, 4) is 28.1 Å². The van der Waals surface area contributed by atoms with Crippen molar-refractivity contribution in [1.29, 1.82) is 0 Å². The molecular formula is C44H52N8O9.